The predicted molar refractivity (Wildman–Crippen MR) is 71.1 cm³/mol. The SMILES string of the molecule is Cc1cc(=O)cc(C)n1CC(=O)NCCOCCO. The Morgan fingerprint density at radius 1 is 1.32 bits per heavy atom. The summed E-state index contributed by atoms with van der Waals surface area (Å²) in [6.07, 6.45) is 0. The lowest BCUT2D eigenvalue weighted by molar-refractivity contribution is -0.122. The van der Waals surface area contributed by atoms with Crippen LogP contribution >= 0.6 is 0 Å². The summed E-state index contributed by atoms with van der Waals surface area (Å²) in [5, 5.41) is 11.2. The van der Waals surface area contributed by atoms with Crippen molar-refractivity contribution in [2.75, 3.05) is 26.4 Å². The molecule has 0 bridgehead atoms. The zero-order valence-electron chi connectivity index (χ0n) is 11.3. The number of nitrogens with one attached hydrogen (secondary N) is 1. The van der Waals surface area contributed by atoms with Gasteiger partial charge in [-0.3, -0.25) is 9.59 Å². The second-order valence-corrected chi connectivity index (χ2v) is 4.25. The second kappa shape index (κ2) is 7.70. The Bertz CT molecular complexity index is 456. The number of aryl methyl sites for hydroxylation is 2. The van der Waals surface area contributed by atoms with Crippen molar-refractivity contribution in [1.82, 2.24) is 9.88 Å². The molecule has 2 N–H and O–H groups in total. The van der Waals surface area contributed by atoms with Crippen LogP contribution < -0.4 is 10.7 Å². The number of pyridine rings is 1. The number of carbonyl (C=O) groups excluding carboxylic acids is 1. The topological polar surface area (TPSA) is 80.6 Å². The lowest BCUT2D eigenvalue weighted by Gasteiger charge is -2.14. The zero-order valence-corrected chi connectivity index (χ0v) is 11.3. The van der Waals surface area contributed by atoms with Crippen LogP contribution in [0.3, 0.4) is 0 Å². The highest BCUT2D eigenvalue weighted by molar-refractivity contribution is 5.75. The van der Waals surface area contributed by atoms with E-state index in [2.05, 4.69) is 5.32 Å². The molecule has 1 aromatic rings. The normalized spacial score (nSPS) is 10.5. The maximum atomic E-state index is 11.7. The highest BCUT2D eigenvalue weighted by atomic mass is 16.5. The molecule has 0 unspecified atom stereocenters. The van der Waals surface area contributed by atoms with Crippen molar-refractivity contribution in [3.63, 3.8) is 0 Å². The van der Waals surface area contributed by atoms with Crippen molar-refractivity contribution in [3.8, 4) is 0 Å². The molecule has 106 valence electrons. The van der Waals surface area contributed by atoms with Crippen molar-refractivity contribution in [3.05, 3.63) is 33.7 Å². The third kappa shape index (κ3) is 5.23. The fourth-order valence-corrected chi connectivity index (χ4v) is 1.77. The Morgan fingerprint density at radius 2 is 1.95 bits per heavy atom. The molecule has 0 aliphatic carbocycles. The first kappa shape index (κ1) is 15.4. The molecule has 1 aromatic heterocycles. The summed E-state index contributed by atoms with van der Waals surface area (Å²) in [5.74, 6) is -0.137. The first-order valence-corrected chi connectivity index (χ1v) is 6.18. The van der Waals surface area contributed by atoms with Crippen LogP contribution in [0.25, 0.3) is 0 Å². The van der Waals surface area contributed by atoms with Gasteiger partial charge in [0.05, 0.1) is 19.8 Å². The third-order valence-corrected chi connectivity index (χ3v) is 2.66. The molecule has 0 spiro atoms. The minimum atomic E-state index is -0.137. The number of aliphatic hydroxyl groups excluding tert-OH is 1. The van der Waals surface area contributed by atoms with Gasteiger partial charge < -0.3 is 19.7 Å². The van der Waals surface area contributed by atoms with E-state index in [1.807, 2.05) is 0 Å². The predicted octanol–water partition coefficient (Wildman–Crippen LogP) is -0.410. The number of hydrogen-bond donors (Lipinski definition) is 2. The summed E-state index contributed by atoms with van der Waals surface area (Å²) in [6, 6.07) is 3.01. The van der Waals surface area contributed by atoms with Crippen LogP contribution in [0.4, 0.5) is 0 Å². The summed E-state index contributed by atoms with van der Waals surface area (Å²) in [4.78, 5) is 23.0. The lowest BCUT2D eigenvalue weighted by Crippen LogP contribution is -2.32. The quantitative estimate of drug-likeness (QED) is 0.659. The molecule has 6 nitrogen and oxygen atoms in total. The first-order valence-electron chi connectivity index (χ1n) is 6.18. The number of hydrogen-bond acceptors (Lipinski definition) is 4. The van der Waals surface area contributed by atoms with Gasteiger partial charge in [0.25, 0.3) is 0 Å². The van der Waals surface area contributed by atoms with Crippen LogP contribution in [0.1, 0.15) is 11.4 Å². The molecule has 0 aliphatic heterocycles. The maximum Gasteiger partial charge on any atom is 0.240 e. The average Bonchev–Trinajstić information content (AvgIpc) is 2.33. The van der Waals surface area contributed by atoms with E-state index in [1.54, 1.807) is 18.4 Å². The van der Waals surface area contributed by atoms with Gasteiger partial charge in [0.15, 0.2) is 5.43 Å². The molecule has 19 heavy (non-hydrogen) atoms. The van der Waals surface area contributed by atoms with E-state index in [0.29, 0.717) is 13.2 Å². The Balaban J connectivity index is 2.47. The van der Waals surface area contributed by atoms with Crippen molar-refractivity contribution in [1.29, 1.82) is 0 Å². The van der Waals surface area contributed by atoms with Crippen molar-refractivity contribution in [2.24, 2.45) is 0 Å². The number of ether oxygens (including phenoxy) is 1. The highest BCUT2D eigenvalue weighted by Gasteiger charge is 2.06. The number of rotatable bonds is 7. The zero-order chi connectivity index (χ0) is 14.3. The van der Waals surface area contributed by atoms with Gasteiger partial charge in [-0.1, -0.05) is 0 Å². The monoisotopic (exact) mass is 268 g/mol. The van der Waals surface area contributed by atoms with E-state index in [4.69, 9.17) is 9.84 Å². The van der Waals surface area contributed by atoms with Crippen LogP contribution in [0.2, 0.25) is 0 Å². The van der Waals surface area contributed by atoms with Crippen molar-refractivity contribution in [2.45, 2.75) is 20.4 Å². The van der Waals surface area contributed by atoms with Gasteiger partial charge in [0.1, 0.15) is 6.54 Å². The molecule has 0 atom stereocenters. The number of nitrogens with zero attached hydrogens (tertiary/aromatic N) is 1. The van der Waals surface area contributed by atoms with Crippen LogP contribution in [0.5, 0.6) is 0 Å². The number of amides is 1. The Morgan fingerprint density at radius 3 is 2.53 bits per heavy atom. The lowest BCUT2D eigenvalue weighted by atomic mass is 10.3. The molecule has 1 rings (SSSR count). The van der Waals surface area contributed by atoms with Gasteiger partial charge in [0, 0.05) is 30.1 Å². The summed E-state index contributed by atoms with van der Waals surface area (Å²) < 4.78 is 6.82. The van der Waals surface area contributed by atoms with Gasteiger partial charge in [-0.2, -0.15) is 0 Å². The van der Waals surface area contributed by atoms with E-state index in [-0.39, 0.29) is 31.1 Å². The molecule has 0 aliphatic rings. The van der Waals surface area contributed by atoms with Crippen molar-refractivity contribution < 1.29 is 14.6 Å². The Kier molecular flexibility index (Phi) is 6.24. The van der Waals surface area contributed by atoms with Gasteiger partial charge in [-0.05, 0) is 13.8 Å². The smallest absolute Gasteiger partial charge is 0.240 e. The Hall–Kier alpha value is -1.66. The highest BCUT2D eigenvalue weighted by Crippen LogP contribution is 2.00. The van der Waals surface area contributed by atoms with E-state index < -0.39 is 0 Å². The molecule has 1 amide bonds. The summed E-state index contributed by atoms with van der Waals surface area (Å²) >= 11 is 0. The molecule has 0 radical (unpaired) electrons. The molecular weight excluding hydrogens is 248 g/mol. The van der Waals surface area contributed by atoms with E-state index in [1.165, 1.54) is 12.1 Å². The first-order chi connectivity index (χ1) is 9.04. The van der Waals surface area contributed by atoms with Crippen molar-refractivity contribution >= 4 is 5.91 Å². The Labute approximate surface area is 112 Å². The molecule has 0 fully saturated rings. The van der Waals surface area contributed by atoms with E-state index in [0.717, 1.165) is 11.4 Å². The third-order valence-electron chi connectivity index (χ3n) is 2.66. The maximum absolute atomic E-state index is 11.7. The molecule has 1 heterocycles. The van der Waals surface area contributed by atoms with Gasteiger partial charge >= 0.3 is 0 Å². The van der Waals surface area contributed by atoms with Crippen LogP contribution in [-0.2, 0) is 16.1 Å². The fourth-order valence-electron chi connectivity index (χ4n) is 1.77. The molecule has 0 aromatic carbocycles. The largest absolute Gasteiger partial charge is 0.394 e. The van der Waals surface area contributed by atoms with E-state index in [9.17, 15) is 9.59 Å². The van der Waals surface area contributed by atoms with Crippen LogP contribution in [-0.4, -0.2) is 41.9 Å². The van der Waals surface area contributed by atoms with Gasteiger partial charge in [0.2, 0.25) is 5.91 Å². The minimum absolute atomic E-state index is 0.0241. The number of aliphatic hydroxyl groups is 1. The van der Waals surface area contributed by atoms with E-state index >= 15 is 0 Å². The van der Waals surface area contributed by atoms with Gasteiger partial charge in [-0.15, -0.1) is 0 Å². The molecule has 6 heteroatoms. The molecular formula is C13H20N2O4. The summed E-state index contributed by atoms with van der Waals surface area (Å²) in [5.41, 5.74) is 1.47. The molecule has 0 saturated carbocycles. The number of aromatic nitrogens is 1. The summed E-state index contributed by atoms with van der Waals surface area (Å²) in [6.45, 7) is 4.79. The minimum Gasteiger partial charge on any atom is -0.394 e. The number of carbonyl (C=O) groups is 1. The van der Waals surface area contributed by atoms with Gasteiger partial charge in [-0.25, -0.2) is 0 Å². The fraction of sp³-hybridized carbons (Fsp3) is 0.538. The van der Waals surface area contributed by atoms with Crippen LogP contribution in [0, 0.1) is 13.8 Å². The second-order valence-electron chi connectivity index (χ2n) is 4.25. The van der Waals surface area contributed by atoms with Crippen LogP contribution in [0.15, 0.2) is 16.9 Å². The molecule has 0 saturated heterocycles. The average molecular weight is 268 g/mol. The standard InChI is InChI=1S/C13H20N2O4/c1-10-7-12(17)8-11(2)15(10)9-13(18)14-3-5-19-6-4-16/h7-8,16H,3-6,9H2,1-2H3,(H,14,18). The summed E-state index contributed by atoms with van der Waals surface area (Å²) in [7, 11) is 0.